The van der Waals surface area contributed by atoms with Crippen LogP contribution >= 0.6 is 0 Å². The van der Waals surface area contributed by atoms with Gasteiger partial charge in [-0.2, -0.15) is 0 Å². The predicted molar refractivity (Wildman–Crippen MR) is 40.4 cm³/mol. The van der Waals surface area contributed by atoms with E-state index >= 15 is 0 Å². The Morgan fingerprint density at radius 1 is 1.64 bits per heavy atom. The molecular weight excluding hydrogens is 142 g/mol. The first kappa shape index (κ1) is 6.73. The van der Waals surface area contributed by atoms with Crippen molar-refractivity contribution in [3.8, 4) is 5.95 Å². The molecule has 0 saturated carbocycles. The van der Waals surface area contributed by atoms with E-state index in [0.717, 1.165) is 18.5 Å². The molecule has 60 valence electrons. The molecule has 1 saturated heterocycles. The molecule has 11 heavy (non-hydrogen) atoms. The number of hydrogen-bond donors (Lipinski definition) is 2. The van der Waals surface area contributed by atoms with Gasteiger partial charge in [0.15, 0.2) is 0 Å². The number of rotatable bonds is 1. The second-order valence-corrected chi connectivity index (χ2v) is 2.83. The Kier molecular flexibility index (Phi) is 1.58. The lowest BCUT2D eigenvalue weighted by molar-refractivity contribution is 0.323. The zero-order valence-electron chi connectivity index (χ0n) is 6.21. The van der Waals surface area contributed by atoms with Crippen LogP contribution in [0.25, 0.3) is 0 Å². The van der Waals surface area contributed by atoms with Crippen LogP contribution in [0, 0.1) is 0 Å². The maximum absolute atomic E-state index is 9.20. The minimum Gasteiger partial charge on any atom is -0.480 e. The van der Waals surface area contributed by atoms with E-state index in [4.69, 9.17) is 4.42 Å². The quantitative estimate of drug-likeness (QED) is 0.641. The Morgan fingerprint density at radius 2 is 2.55 bits per heavy atom. The summed E-state index contributed by atoms with van der Waals surface area (Å²) in [7, 11) is 0. The largest absolute Gasteiger partial charge is 0.480 e. The van der Waals surface area contributed by atoms with Gasteiger partial charge in [0.2, 0.25) is 0 Å². The average Bonchev–Trinajstić information content (AvgIpc) is 2.55. The molecule has 1 aliphatic heterocycles. The number of furan rings is 1. The first-order valence-electron chi connectivity index (χ1n) is 3.87. The van der Waals surface area contributed by atoms with Gasteiger partial charge in [-0.05, 0) is 25.5 Å². The average molecular weight is 153 g/mol. The lowest BCUT2D eigenvalue weighted by Gasteiger charge is -2.05. The molecule has 1 unspecified atom stereocenters. The van der Waals surface area contributed by atoms with Crippen molar-refractivity contribution in [3.63, 3.8) is 0 Å². The van der Waals surface area contributed by atoms with Crippen LogP contribution in [-0.2, 0) is 0 Å². The van der Waals surface area contributed by atoms with Gasteiger partial charge in [-0.25, -0.2) is 0 Å². The van der Waals surface area contributed by atoms with Crippen LogP contribution in [0.15, 0.2) is 16.7 Å². The normalized spacial score (nSPS) is 24.2. The standard InChI is InChI=1S/C8H11NO2/c10-8-6(3-5-11-8)7-2-1-4-9-7/h3,5,7,9-10H,1-2,4H2. The first-order chi connectivity index (χ1) is 5.38. The minimum absolute atomic E-state index is 0.0596. The smallest absolute Gasteiger partial charge is 0.286 e. The highest BCUT2D eigenvalue weighted by Crippen LogP contribution is 2.30. The lowest BCUT2D eigenvalue weighted by atomic mass is 10.1. The Bertz CT molecular complexity index is 238. The van der Waals surface area contributed by atoms with E-state index in [2.05, 4.69) is 5.32 Å². The van der Waals surface area contributed by atoms with Crippen LogP contribution in [0.5, 0.6) is 5.95 Å². The van der Waals surface area contributed by atoms with Gasteiger partial charge in [0.1, 0.15) is 0 Å². The van der Waals surface area contributed by atoms with Crippen molar-refractivity contribution in [1.29, 1.82) is 0 Å². The molecule has 0 bridgehead atoms. The van der Waals surface area contributed by atoms with Gasteiger partial charge in [-0.1, -0.05) is 0 Å². The summed E-state index contributed by atoms with van der Waals surface area (Å²) in [5.41, 5.74) is 0.891. The maximum atomic E-state index is 9.20. The summed E-state index contributed by atoms with van der Waals surface area (Å²) in [5.74, 6) is 0.0596. The van der Waals surface area contributed by atoms with Gasteiger partial charge in [-0.3, -0.25) is 0 Å². The molecule has 1 aromatic heterocycles. The molecule has 2 rings (SSSR count). The van der Waals surface area contributed by atoms with Crippen molar-refractivity contribution in [2.75, 3.05) is 6.54 Å². The molecule has 1 fully saturated rings. The maximum Gasteiger partial charge on any atom is 0.286 e. The fraction of sp³-hybridized carbons (Fsp3) is 0.500. The molecule has 2 heterocycles. The second kappa shape index (κ2) is 2.58. The summed E-state index contributed by atoms with van der Waals surface area (Å²) in [4.78, 5) is 0. The third-order valence-electron chi connectivity index (χ3n) is 2.11. The van der Waals surface area contributed by atoms with E-state index < -0.39 is 0 Å². The van der Waals surface area contributed by atoms with Crippen LogP contribution < -0.4 is 5.32 Å². The molecule has 1 aliphatic rings. The van der Waals surface area contributed by atoms with Crippen LogP contribution in [0.3, 0.4) is 0 Å². The third-order valence-corrected chi connectivity index (χ3v) is 2.11. The first-order valence-corrected chi connectivity index (χ1v) is 3.87. The number of hydrogen-bond acceptors (Lipinski definition) is 3. The Balaban J connectivity index is 2.21. The number of nitrogens with one attached hydrogen (secondary N) is 1. The van der Waals surface area contributed by atoms with Gasteiger partial charge in [-0.15, -0.1) is 0 Å². The van der Waals surface area contributed by atoms with E-state index in [1.54, 1.807) is 0 Å². The molecule has 0 spiro atoms. The molecule has 1 aromatic rings. The molecule has 2 N–H and O–H groups in total. The molecule has 0 radical (unpaired) electrons. The van der Waals surface area contributed by atoms with Crippen LogP contribution in [0.4, 0.5) is 0 Å². The van der Waals surface area contributed by atoms with Crippen LogP contribution in [0.2, 0.25) is 0 Å². The highest BCUT2D eigenvalue weighted by Gasteiger charge is 2.20. The highest BCUT2D eigenvalue weighted by atomic mass is 16.5. The molecule has 0 aromatic carbocycles. The van der Waals surface area contributed by atoms with E-state index in [9.17, 15) is 5.11 Å². The molecule has 3 nitrogen and oxygen atoms in total. The summed E-state index contributed by atoms with van der Waals surface area (Å²) in [5, 5.41) is 12.5. The second-order valence-electron chi connectivity index (χ2n) is 2.83. The summed E-state index contributed by atoms with van der Waals surface area (Å²) < 4.78 is 4.79. The highest BCUT2D eigenvalue weighted by molar-refractivity contribution is 5.25. The fourth-order valence-electron chi connectivity index (χ4n) is 1.53. The zero-order chi connectivity index (χ0) is 7.68. The lowest BCUT2D eigenvalue weighted by Crippen LogP contribution is -2.11. The van der Waals surface area contributed by atoms with Crippen LogP contribution in [-0.4, -0.2) is 11.7 Å². The van der Waals surface area contributed by atoms with E-state index in [1.165, 1.54) is 12.7 Å². The van der Waals surface area contributed by atoms with Gasteiger partial charge >= 0.3 is 0 Å². The van der Waals surface area contributed by atoms with Crippen molar-refractivity contribution in [2.45, 2.75) is 18.9 Å². The molecule has 3 heteroatoms. The van der Waals surface area contributed by atoms with Crippen molar-refractivity contribution in [3.05, 3.63) is 17.9 Å². The van der Waals surface area contributed by atoms with Crippen molar-refractivity contribution >= 4 is 0 Å². The van der Waals surface area contributed by atoms with Crippen molar-refractivity contribution < 1.29 is 9.52 Å². The summed E-state index contributed by atoms with van der Waals surface area (Å²) in [6.45, 7) is 1.04. The van der Waals surface area contributed by atoms with Crippen molar-refractivity contribution in [2.24, 2.45) is 0 Å². The Labute approximate surface area is 65.0 Å². The van der Waals surface area contributed by atoms with Gasteiger partial charge < -0.3 is 14.8 Å². The van der Waals surface area contributed by atoms with E-state index in [0.29, 0.717) is 6.04 Å². The summed E-state index contributed by atoms with van der Waals surface area (Å²) in [6.07, 6.45) is 3.78. The third kappa shape index (κ3) is 1.12. The monoisotopic (exact) mass is 153 g/mol. The van der Waals surface area contributed by atoms with E-state index in [-0.39, 0.29) is 5.95 Å². The molecule has 1 atom stereocenters. The zero-order valence-corrected chi connectivity index (χ0v) is 6.21. The summed E-state index contributed by atoms with van der Waals surface area (Å²) >= 11 is 0. The predicted octanol–water partition coefficient (Wildman–Crippen LogP) is 1.41. The molecule has 0 aliphatic carbocycles. The Hall–Kier alpha value is -0.960. The summed E-state index contributed by atoms with van der Waals surface area (Å²) in [6, 6.07) is 2.12. The molecular formula is C8H11NO2. The fourth-order valence-corrected chi connectivity index (χ4v) is 1.53. The Morgan fingerprint density at radius 3 is 3.09 bits per heavy atom. The minimum atomic E-state index is 0.0596. The number of aromatic hydroxyl groups is 1. The van der Waals surface area contributed by atoms with Gasteiger partial charge in [0.05, 0.1) is 11.8 Å². The SMILES string of the molecule is Oc1occc1C1CCCN1. The van der Waals surface area contributed by atoms with Gasteiger partial charge in [0.25, 0.3) is 5.95 Å². The van der Waals surface area contributed by atoms with Gasteiger partial charge in [0, 0.05) is 6.04 Å². The molecule has 0 amide bonds. The topological polar surface area (TPSA) is 45.4 Å². The van der Waals surface area contributed by atoms with Crippen LogP contribution in [0.1, 0.15) is 24.4 Å². The van der Waals surface area contributed by atoms with Crippen molar-refractivity contribution in [1.82, 2.24) is 5.32 Å². The van der Waals surface area contributed by atoms with E-state index in [1.807, 2.05) is 6.07 Å².